The minimum atomic E-state index is -4.30. The lowest BCUT2D eigenvalue weighted by Crippen LogP contribution is -2.40. The Balaban J connectivity index is 1.95. The summed E-state index contributed by atoms with van der Waals surface area (Å²) in [5, 5.41) is 3.08. The Morgan fingerprint density at radius 3 is 2.38 bits per heavy atom. The standard InChI is InChI=1S/C16H23F3N2/c1-12(2)11-21-9-7-13(8-10-21)20-15-6-4-3-5-14(15)16(17,18)19/h3-6,12-13,20H,7-11H2,1-2H3. The molecule has 0 unspecified atom stereocenters. The molecule has 1 heterocycles. The number of hydrogen-bond donors (Lipinski definition) is 1. The maximum Gasteiger partial charge on any atom is 0.418 e. The molecule has 1 N–H and O–H groups in total. The molecule has 1 aromatic rings. The lowest BCUT2D eigenvalue weighted by molar-refractivity contribution is -0.137. The quantitative estimate of drug-likeness (QED) is 0.895. The molecule has 1 fully saturated rings. The predicted octanol–water partition coefficient (Wildman–Crippen LogP) is 4.24. The van der Waals surface area contributed by atoms with Crippen LogP contribution in [0, 0.1) is 5.92 Å². The highest BCUT2D eigenvalue weighted by atomic mass is 19.4. The van der Waals surface area contributed by atoms with Crippen LogP contribution in [0.25, 0.3) is 0 Å². The SMILES string of the molecule is CC(C)CN1CCC(Nc2ccccc2C(F)(F)F)CC1. The topological polar surface area (TPSA) is 15.3 Å². The Morgan fingerprint density at radius 1 is 1.19 bits per heavy atom. The number of anilines is 1. The van der Waals surface area contributed by atoms with E-state index in [1.807, 2.05) is 0 Å². The Kier molecular flexibility index (Phi) is 5.14. The van der Waals surface area contributed by atoms with Gasteiger partial charge in [0, 0.05) is 31.4 Å². The first-order chi connectivity index (χ1) is 9.86. The number of benzene rings is 1. The number of rotatable bonds is 4. The summed E-state index contributed by atoms with van der Waals surface area (Å²) in [5.74, 6) is 0.625. The highest BCUT2D eigenvalue weighted by molar-refractivity contribution is 5.53. The summed E-state index contributed by atoms with van der Waals surface area (Å²) in [5.41, 5.74) is -0.373. The Morgan fingerprint density at radius 2 is 1.81 bits per heavy atom. The fourth-order valence-electron chi connectivity index (χ4n) is 2.85. The molecule has 0 aliphatic carbocycles. The molecular formula is C16H23F3N2. The third-order valence-corrected chi connectivity index (χ3v) is 3.80. The molecule has 0 amide bonds. The smallest absolute Gasteiger partial charge is 0.382 e. The van der Waals surface area contributed by atoms with Crippen molar-refractivity contribution in [3.63, 3.8) is 0 Å². The second-order valence-corrected chi connectivity index (χ2v) is 6.16. The Bertz CT molecular complexity index is 449. The van der Waals surface area contributed by atoms with Crippen molar-refractivity contribution < 1.29 is 13.2 Å². The van der Waals surface area contributed by atoms with Gasteiger partial charge in [-0.3, -0.25) is 0 Å². The molecule has 5 heteroatoms. The zero-order chi connectivity index (χ0) is 15.5. The molecule has 0 saturated carbocycles. The molecule has 0 spiro atoms. The molecule has 1 aliphatic rings. The van der Waals surface area contributed by atoms with Gasteiger partial charge in [-0.05, 0) is 30.9 Å². The van der Waals surface area contributed by atoms with Crippen molar-refractivity contribution in [3.05, 3.63) is 29.8 Å². The van der Waals surface area contributed by atoms with E-state index in [2.05, 4.69) is 24.1 Å². The first kappa shape index (κ1) is 16.1. The largest absolute Gasteiger partial charge is 0.418 e. The number of alkyl halides is 3. The number of nitrogens with zero attached hydrogens (tertiary/aromatic N) is 1. The van der Waals surface area contributed by atoms with Gasteiger partial charge in [0.15, 0.2) is 0 Å². The van der Waals surface area contributed by atoms with Crippen LogP contribution in [0.1, 0.15) is 32.3 Å². The first-order valence-electron chi connectivity index (χ1n) is 7.51. The number of likely N-dealkylation sites (tertiary alicyclic amines) is 1. The van der Waals surface area contributed by atoms with E-state index in [-0.39, 0.29) is 11.7 Å². The molecule has 0 atom stereocenters. The van der Waals surface area contributed by atoms with E-state index in [4.69, 9.17) is 0 Å². The minimum absolute atomic E-state index is 0.122. The molecule has 2 rings (SSSR count). The number of hydrogen-bond acceptors (Lipinski definition) is 2. The van der Waals surface area contributed by atoms with Crippen molar-refractivity contribution in [3.8, 4) is 0 Å². The molecule has 0 bridgehead atoms. The third kappa shape index (κ3) is 4.63. The fraction of sp³-hybridized carbons (Fsp3) is 0.625. The Hall–Kier alpha value is -1.23. The molecule has 0 radical (unpaired) electrons. The van der Waals surface area contributed by atoms with Gasteiger partial charge in [-0.25, -0.2) is 0 Å². The van der Waals surface area contributed by atoms with Gasteiger partial charge in [-0.1, -0.05) is 26.0 Å². The summed E-state index contributed by atoms with van der Waals surface area (Å²) in [6.45, 7) is 7.33. The van der Waals surface area contributed by atoms with Gasteiger partial charge in [-0.15, -0.1) is 0 Å². The molecule has 118 valence electrons. The van der Waals surface area contributed by atoms with Crippen molar-refractivity contribution in [1.82, 2.24) is 4.90 Å². The van der Waals surface area contributed by atoms with Gasteiger partial charge in [0.25, 0.3) is 0 Å². The highest BCUT2D eigenvalue weighted by Gasteiger charge is 2.33. The van der Waals surface area contributed by atoms with E-state index in [9.17, 15) is 13.2 Å². The molecule has 0 aromatic heterocycles. The van der Waals surface area contributed by atoms with E-state index < -0.39 is 11.7 Å². The predicted molar refractivity (Wildman–Crippen MR) is 79.4 cm³/mol. The van der Waals surface area contributed by atoms with Gasteiger partial charge in [0.2, 0.25) is 0 Å². The second kappa shape index (κ2) is 6.69. The van der Waals surface area contributed by atoms with Crippen molar-refractivity contribution in [1.29, 1.82) is 0 Å². The third-order valence-electron chi connectivity index (χ3n) is 3.80. The molecular weight excluding hydrogens is 277 g/mol. The van der Waals surface area contributed by atoms with Crippen molar-refractivity contribution >= 4 is 5.69 Å². The van der Waals surface area contributed by atoms with Crippen LogP contribution in [0.3, 0.4) is 0 Å². The fourth-order valence-corrected chi connectivity index (χ4v) is 2.85. The molecule has 21 heavy (non-hydrogen) atoms. The van der Waals surface area contributed by atoms with Gasteiger partial charge in [0.1, 0.15) is 0 Å². The highest BCUT2D eigenvalue weighted by Crippen LogP contribution is 2.35. The Labute approximate surface area is 124 Å². The number of nitrogens with one attached hydrogen (secondary N) is 1. The molecule has 1 aromatic carbocycles. The van der Waals surface area contributed by atoms with Crippen molar-refractivity contribution in [2.45, 2.75) is 38.9 Å². The van der Waals surface area contributed by atoms with Crippen LogP contribution in [-0.2, 0) is 6.18 Å². The average molecular weight is 300 g/mol. The minimum Gasteiger partial charge on any atom is -0.382 e. The van der Waals surface area contributed by atoms with E-state index >= 15 is 0 Å². The zero-order valence-corrected chi connectivity index (χ0v) is 12.6. The number of para-hydroxylation sites is 1. The van der Waals surface area contributed by atoms with Gasteiger partial charge >= 0.3 is 6.18 Å². The van der Waals surface area contributed by atoms with Crippen LogP contribution in [0.5, 0.6) is 0 Å². The van der Waals surface area contributed by atoms with Gasteiger partial charge in [-0.2, -0.15) is 13.2 Å². The van der Waals surface area contributed by atoms with Crippen LogP contribution in [-0.4, -0.2) is 30.6 Å². The van der Waals surface area contributed by atoms with Crippen LogP contribution < -0.4 is 5.32 Å². The maximum absolute atomic E-state index is 13.0. The molecule has 1 saturated heterocycles. The lowest BCUT2D eigenvalue weighted by Gasteiger charge is -2.34. The average Bonchev–Trinajstić information content (AvgIpc) is 2.40. The summed E-state index contributed by atoms with van der Waals surface area (Å²) < 4.78 is 38.9. The van der Waals surface area contributed by atoms with Gasteiger partial charge < -0.3 is 10.2 Å². The molecule has 2 nitrogen and oxygen atoms in total. The van der Waals surface area contributed by atoms with Crippen molar-refractivity contribution in [2.75, 3.05) is 25.0 Å². The second-order valence-electron chi connectivity index (χ2n) is 6.16. The zero-order valence-electron chi connectivity index (χ0n) is 12.6. The maximum atomic E-state index is 13.0. The first-order valence-corrected chi connectivity index (χ1v) is 7.51. The van der Waals surface area contributed by atoms with Crippen LogP contribution >= 0.6 is 0 Å². The van der Waals surface area contributed by atoms with Crippen LogP contribution in [0.4, 0.5) is 18.9 Å². The van der Waals surface area contributed by atoms with E-state index in [0.29, 0.717) is 5.92 Å². The lowest BCUT2D eigenvalue weighted by atomic mass is 10.0. The summed E-state index contributed by atoms with van der Waals surface area (Å²) >= 11 is 0. The van der Waals surface area contributed by atoms with Crippen molar-refractivity contribution in [2.24, 2.45) is 5.92 Å². The molecule has 1 aliphatic heterocycles. The summed E-state index contributed by atoms with van der Waals surface area (Å²) in [4.78, 5) is 2.39. The number of halogens is 3. The van der Waals surface area contributed by atoms with Crippen LogP contribution in [0.2, 0.25) is 0 Å². The summed E-state index contributed by atoms with van der Waals surface area (Å²) in [6.07, 6.45) is -2.53. The summed E-state index contributed by atoms with van der Waals surface area (Å²) in [6, 6.07) is 5.85. The van der Waals surface area contributed by atoms with Gasteiger partial charge in [0.05, 0.1) is 5.56 Å². The van der Waals surface area contributed by atoms with E-state index in [1.165, 1.54) is 12.1 Å². The number of piperidine rings is 1. The normalized spacial score (nSPS) is 18.2. The summed E-state index contributed by atoms with van der Waals surface area (Å²) in [7, 11) is 0. The van der Waals surface area contributed by atoms with E-state index in [1.54, 1.807) is 6.07 Å². The monoisotopic (exact) mass is 300 g/mol. The van der Waals surface area contributed by atoms with Crippen LogP contribution in [0.15, 0.2) is 24.3 Å². The van der Waals surface area contributed by atoms with E-state index in [0.717, 1.165) is 38.5 Å².